The second-order valence-electron chi connectivity index (χ2n) is 5.86. The van der Waals surface area contributed by atoms with Gasteiger partial charge in [0.1, 0.15) is 0 Å². The highest BCUT2D eigenvalue weighted by Crippen LogP contribution is 2.27. The Morgan fingerprint density at radius 2 is 1.72 bits per heavy atom. The Morgan fingerprint density at radius 3 is 2.31 bits per heavy atom. The van der Waals surface area contributed by atoms with Gasteiger partial charge in [-0.2, -0.15) is 4.31 Å². The number of anilines is 1. The molecule has 0 spiro atoms. The Labute approximate surface area is 183 Å². The van der Waals surface area contributed by atoms with Crippen LogP contribution in [-0.4, -0.2) is 44.3 Å². The van der Waals surface area contributed by atoms with Gasteiger partial charge in [-0.1, -0.05) is 41.4 Å². The number of ether oxygens (including phenoxy) is 1. The Morgan fingerprint density at radius 1 is 1.10 bits per heavy atom. The van der Waals surface area contributed by atoms with Crippen LogP contribution >= 0.6 is 27.5 Å². The minimum atomic E-state index is -3.71. The first kappa shape index (κ1) is 23.3. The number of sulfonamides is 1. The number of benzene rings is 2. The summed E-state index contributed by atoms with van der Waals surface area (Å²) in [5, 5.41) is 2.64. The highest BCUT2D eigenvalue weighted by Gasteiger charge is 2.23. The maximum Gasteiger partial charge on any atom is 0.338 e. The molecule has 0 atom stereocenters. The molecule has 0 aliphatic heterocycles. The molecule has 156 valence electrons. The Bertz CT molecular complexity index is 992. The Kier molecular flexibility index (Phi) is 8.21. The quantitative estimate of drug-likeness (QED) is 0.551. The smallest absolute Gasteiger partial charge is 0.338 e. The van der Waals surface area contributed by atoms with Crippen molar-refractivity contribution < 1.29 is 22.7 Å². The summed E-state index contributed by atoms with van der Waals surface area (Å²) in [4.78, 5) is 24.1. The Balaban J connectivity index is 2.08. The average molecular weight is 504 g/mol. The van der Waals surface area contributed by atoms with Gasteiger partial charge >= 0.3 is 5.97 Å². The molecule has 1 amide bonds. The van der Waals surface area contributed by atoms with E-state index in [0.29, 0.717) is 18.7 Å². The molecule has 2 rings (SSSR count). The molecule has 0 saturated carbocycles. The van der Waals surface area contributed by atoms with Gasteiger partial charge in [0.15, 0.2) is 6.61 Å². The third kappa shape index (κ3) is 6.02. The second kappa shape index (κ2) is 10.2. The van der Waals surface area contributed by atoms with Crippen LogP contribution < -0.4 is 5.32 Å². The first-order chi connectivity index (χ1) is 13.7. The largest absolute Gasteiger partial charge is 0.452 e. The van der Waals surface area contributed by atoms with Gasteiger partial charge in [-0.15, -0.1) is 0 Å². The van der Waals surface area contributed by atoms with E-state index in [1.165, 1.54) is 22.5 Å². The monoisotopic (exact) mass is 502 g/mol. The van der Waals surface area contributed by atoms with Crippen molar-refractivity contribution in [2.45, 2.75) is 18.7 Å². The van der Waals surface area contributed by atoms with E-state index in [9.17, 15) is 18.0 Å². The van der Waals surface area contributed by atoms with Crippen molar-refractivity contribution in [3.63, 3.8) is 0 Å². The van der Waals surface area contributed by atoms with Gasteiger partial charge in [-0.25, -0.2) is 13.2 Å². The van der Waals surface area contributed by atoms with Crippen LogP contribution in [0.4, 0.5) is 5.69 Å². The topological polar surface area (TPSA) is 92.8 Å². The van der Waals surface area contributed by atoms with Gasteiger partial charge in [-0.3, -0.25) is 4.79 Å². The molecule has 0 radical (unpaired) electrons. The van der Waals surface area contributed by atoms with Gasteiger partial charge < -0.3 is 10.1 Å². The van der Waals surface area contributed by atoms with Crippen LogP contribution in [0.25, 0.3) is 0 Å². The van der Waals surface area contributed by atoms with Crippen molar-refractivity contribution in [2.24, 2.45) is 0 Å². The molecular weight excluding hydrogens is 484 g/mol. The zero-order valence-corrected chi connectivity index (χ0v) is 19.0. The molecular formula is C19H20BrClN2O5S. The van der Waals surface area contributed by atoms with Crippen LogP contribution in [-0.2, 0) is 19.6 Å². The lowest BCUT2D eigenvalue weighted by molar-refractivity contribution is -0.119. The van der Waals surface area contributed by atoms with Gasteiger partial charge in [0.2, 0.25) is 10.0 Å². The van der Waals surface area contributed by atoms with E-state index >= 15 is 0 Å². The number of carbonyl (C=O) groups is 2. The predicted octanol–water partition coefficient (Wildman–Crippen LogP) is 3.93. The van der Waals surface area contributed by atoms with Gasteiger partial charge in [0.25, 0.3) is 5.91 Å². The number of hydrogen-bond donors (Lipinski definition) is 1. The molecule has 0 saturated heterocycles. The lowest BCUT2D eigenvalue weighted by Crippen LogP contribution is -2.30. The number of nitrogens with one attached hydrogen (secondary N) is 1. The average Bonchev–Trinajstić information content (AvgIpc) is 2.69. The summed E-state index contributed by atoms with van der Waals surface area (Å²) in [6.45, 7) is 3.56. The summed E-state index contributed by atoms with van der Waals surface area (Å²) in [5.41, 5.74) is 0.413. The van der Waals surface area contributed by atoms with Gasteiger partial charge in [0.05, 0.1) is 21.2 Å². The number of hydrogen-bond acceptors (Lipinski definition) is 5. The molecule has 2 aromatic carbocycles. The van der Waals surface area contributed by atoms with Crippen LogP contribution in [0.15, 0.2) is 51.8 Å². The third-order valence-corrected chi connectivity index (χ3v) is 6.87. The van der Waals surface area contributed by atoms with Crippen molar-refractivity contribution >= 4 is 55.1 Å². The summed E-state index contributed by atoms with van der Waals surface area (Å²) >= 11 is 9.34. The fraction of sp³-hybridized carbons (Fsp3) is 0.263. The molecule has 0 fully saturated rings. The van der Waals surface area contributed by atoms with Crippen molar-refractivity contribution in [3.05, 3.63) is 57.5 Å². The van der Waals surface area contributed by atoms with Crippen LogP contribution in [0.2, 0.25) is 5.02 Å². The lowest BCUT2D eigenvalue weighted by Gasteiger charge is -2.19. The second-order valence-corrected chi connectivity index (χ2v) is 9.12. The van der Waals surface area contributed by atoms with Crippen LogP contribution in [0, 0.1) is 0 Å². The maximum atomic E-state index is 12.6. The predicted molar refractivity (Wildman–Crippen MR) is 115 cm³/mol. The zero-order valence-electron chi connectivity index (χ0n) is 15.8. The molecule has 7 nitrogen and oxygen atoms in total. The summed E-state index contributed by atoms with van der Waals surface area (Å²) < 4.78 is 32.4. The highest BCUT2D eigenvalue weighted by atomic mass is 79.9. The summed E-state index contributed by atoms with van der Waals surface area (Å²) in [5.74, 6) is -1.30. The molecule has 0 heterocycles. The fourth-order valence-electron chi connectivity index (χ4n) is 2.46. The van der Waals surface area contributed by atoms with E-state index in [1.807, 2.05) is 0 Å². The molecule has 10 heteroatoms. The van der Waals surface area contributed by atoms with Crippen LogP contribution in [0.3, 0.4) is 0 Å². The van der Waals surface area contributed by atoms with E-state index < -0.39 is 28.5 Å². The SMILES string of the molecule is CCN(CC)S(=O)(=O)c1ccc(Cl)c(NC(=O)COC(=O)c2ccc(Br)cc2)c1. The standard InChI is InChI=1S/C19H20BrClN2O5S/c1-3-23(4-2)29(26,27)15-9-10-16(21)17(11-15)22-18(24)12-28-19(25)13-5-7-14(20)8-6-13/h5-11H,3-4,12H2,1-2H3,(H,22,24). The molecule has 0 aliphatic rings. The maximum absolute atomic E-state index is 12.6. The van der Waals surface area contributed by atoms with Crippen molar-refractivity contribution in [1.29, 1.82) is 0 Å². The fourth-order valence-corrected chi connectivity index (χ4v) is 4.37. The Hall–Kier alpha value is -1.94. The summed E-state index contributed by atoms with van der Waals surface area (Å²) in [6, 6.07) is 10.5. The molecule has 1 N–H and O–H groups in total. The van der Waals surface area contributed by atoms with Crippen molar-refractivity contribution in [1.82, 2.24) is 4.31 Å². The van der Waals surface area contributed by atoms with Gasteiger partial charge in [-0.05, 0) is 42.5 Å². The number of nitrogens with zero attached hydrogens (tertiary/aromatic N) is 1. The third-order valence-electron chi connectivity index (χ3n) is 3.97. The number of halogens is 2. The lowest BCUT2D eigenvalue weighted by atomic mass is 10.2. The van der Waals surface area contributed by atoms with Crippen LogP contribution in [0.1, 0.15) is 24.2 Å². The van der Waals surface area contributed by atoms with Gasteiger partial charge in [0, 0.05) is 17.6 Å². The van der Waals surface area contributed by atoms with E-state index in [-0.39, 0.29) is 15.6 Å². The first-order valence-corrected chi connectivity index (χ1v) is 11.3. The van der Waals surface area contributed by atoms with E-state index in [4.69, 9.17) is 16.3 Å². The number of esters is 1. The first-order valence-electron chi connectivity index (χ1n) is 8.71. The minimum Gasteiger partial charge on any atom is -0.452 e. The molecule has 0 aromatic heterocycles. The summed E-state index contributed by atoms with van der Waals surface area (Å²) in [6.07, 6.45) is 0. The van der Waals surface area contributed by atoms with Crippen molar-refractivity contribution in [3.8, 4) is 0 Å². The normalized spacial score (nSPS) is 11.3. The zero-order chi connectivity index (χ0) is 21.6. The molecule has 0 aliphatic carbocycles. The van der Waals surface area contributed by atoms with Crippen LogP contribution in [0.5, 0.6) is 0 Å². The minimum absolute atomic E-state index is 0.00718. The molecule has 0 unspecified atom stereocenters. The number of amides is 1. The van der Waals surface area contributed by atoms with E-state index in [0.717, 1.165) is 4.47 Å². The van der Waals surface area contributed by atoms with E-state index in [1.54, 1.807) is 38.1 Å². The summed E-state index contributed by atoms with van der Waals surface area (Å²) in [7, 11) is -3.71. The number of carbonyl (C=O) groups excluding carboxylic acids is 2. The highest BCUT2D eigenvalue weighted by molar-refractivity contribution is 9.10. The molecule has 2 aromatic rings. The van der Waals surface area contributed by atoms with Crippen molar-refractivity contribution in [2.75, 3.05) is 25.0 Å². The van der Waals surface area contributed by atoms with E-state index in [2.05, 4.69) is 21.2 Å². The molecule has 0 bridgehead atoms. The number of rotatable bonds is 8. The molecule has 29 heavy (non-hydrogen) atoms.